The average Bonchev–Trinajstić information content (AvgIpc) is 2.90. The minimum absolute atomic E-state index is 0.569. The Morgan fingerprint density at radius 2 is 1.89 bits per heavy atom. The van der Waals surface area contributed by atoms with Gasteiger partial charge in [0.1, 0.15) is 17.4 Å². The van der Waals surface area contributed by atoms with E-state index in [1.165, 1.54) is 5.56 Å². The number of benzene rings is 1. The number of para-hydroxylation sites is 1. The van der Waals surface area contributed by atoms with Gasteiger partial charge in [-0.05, 0) is 42.7 Å². The van der Waals surface area contributed by atoms with E-state index in [9.17, 15) is 5.11 Å². The predicted molar refractivity (Wildman–Crippen MR) is 73.7 cm³/mol. The van der Waals surface area contributed by atoms with Crippen LogP contribution < -0.4 is 0 Å². The summed E-state index contributed by atoms with van der Waals surface area (Å²) in [7, 11) is 0. The van der Waals surface area contributed by atoms with E-state index in [2.05, 4.69) is 4.98 Å². The third-order valence-corrected chi connectivity index (χ3v) is 3.23. The van der Waals surface area contributed by atoms with Gasteiger partial charge >= 0.3 is 0 Å². The van der Waals surface area contributed by atoms with Gasteiger partial charge in [-0.15, -0.1) is 0 Å². The van der Waals surface area contributed by atoms with Crippen LogP contribution in [0.5, 0.6) is 0 Å². The molecule has 3 aromatic rings. The largest absolute Gasteiger partial charge is 0.458 e. The molecule has 0 aliphatic carbocycles. The molecule has 0 aliphatic rings. The standard InChI is InChI=1S/C16H15NO2/c18-14(6-5-12-7-9-17-10-8-12)16-11-13-3-1-2-4-15(13)19-16/h1-4,7-11,14,18H,5-6H2. The number of hydrogen-bond acceptors (Lipinski definition) is 3. The highest BCUT2D eigenvalue weighted by molar-refractivity contribution is 5.77. The average molecular weight is 253 g/mol. The fourth-order valence-electron chi connectivity index (χ4n) is 2.16. The molecule has 0 saturated carbocycles. The molecule has 3 heteroatoms. The minimum Gasteiger partial charge on any atom is -0.458 e. The molecule has 0 radical (unpaired) electrons. The Hall–Kier alpha value is -2.13. The quantitative estimate of drug-likeness (QED) is 0.774. The van der Waals surface area contributed by atoms with Crippen molar-refractivity contribution in [2.45, 2.75) is 18.9 Å². The smallest absolute Gasteiger partial charge is 0.134 e. The second kappa shape index (κ2) is 5.24. The molecule has 1 unspecified atom stereocenters. The number of aliphatic hydroxyl groups excluding tert-OH is 1. The molecule has 0 aliphatic heterocycles. The van der Waals surface area contributed by atoms with E-state index < -0.39 is 6.10 Å². The normalized spacial score (nSPS) is 12.7. The third kappa shape index (κ3) is 2.66. The first kappa shape index (κ1) is 11.9. The second-order valence-corrected chi connectivity index (χ2v) is 4.60. The molecule has 1 aromatic carbocycles. The van der Waals surface area contributed by atoms with Crippen molar-refractivity contribution in [3.8, 4) is 0 Å². The van der Waals surface area contributed by atoms with Gasteiger partial charge in [-0.1, -0.05) is 18.2 Å². The Morgan fingerprint density at radius 1 is 1.11 bits per heavy atom. The lowest BCUT2D eigenvalue weighted by Crippen LogP contribution is -1.98. The highest BCUT2D eigenvalue weighted by Crippen LogP contribution is 2.26. The third-order valence-electron chi connectivity index (χ3n) is 3.23. The number of aryl methyl sites for hydroxylation is 1. The molecule has 0 bridgehead atoms. The lowest BCUT2D eigenvalue weighted by Gasteiger charge is -2.07. The van der Waals surface area contributed by atoms with Crippen molar-refractivity contribution in [3.63, 3.8) is 0 Å². The Morgan fingerprint density at radius 3 is 2.68 bits per heavy atom. The fourth-order valence-corrected chi connectivity index (χ4v) is 2.16. The maximum absolute atomic E-state index is 10.2. The number of fused-ring (bicyclic) bond motifs is 1. The predicted octanol–water partition coefficient (Wildman–Crippen LogP) is 3.49. The van der Waals surface area contributed by atoms with E-state index in [0.29, 0.717) is 12.2 Å². The van der Waals surface area contributed by atoms with E-state index in [0.717, 1.165) is 17.4 Å². The van der Waals surface area contributed by atoms with Crippen LogP contribution in [0.4, 0.5) is 0 Å². The van der Waals surface area contributed by atoms with E-state index in [-0.39, 0.29) is 0 Å². The lowest BCUT2D eigenvalue weighted by molar-refractivity contribution is 0.143. The number of rotatable bonds is 4. The molecule has 2 aromatic heterocycles. The summed E-state index contributed by atoms with van der Waals surface area (Å²) in [5.74, 6) is 0.634. The molecule has 96 valence electrons. The van der Waals surface area contributed by atoms with Crippen molar-refractivity contribution in [2.24, 2.45) is 0 Å². The van der Waals surface area contributed by atoms with Gasteiger partial charge in [0.25, 0.3) is 0 Å². The van der Waals surface area contributed by atoms with Gasteiger partial charge in [0, 0.05) is 17.8 Å². The number of aromatic nitrogens is 1. The molecule has 1 N–H and O–H groups in total. The van der Waals surface area contributed by atoms with Crippen LogP contribution in [-0.2, 0) is 6.42 Å². The molecular weight excluding hydrogens is 238 g/mol. The van der Waals surface area contributed by atoms with E-state index >= 15 is 0 Å². The van der Waals surface area contributed by atoms with Gasteiger partial charge < -0.3 is 9.52 Å². The summed E-state index contributed by atoms with van der Waals surface area (Å²) in [6.07, 6.45) is 4.41. The molecule has 19 heavy (non-hydrogen) atoms. The van der Waals surface area contributed by atoms with Gasteiger partial charge in [-0.3, -0.25) is 4.98 Å². The zero-order valence-corrected chi connectivity index (χ0v) is 10.5. The van der Waals surface area contributed by atoms with Crippen molar-refractivity contribution in [1.82, 2.24) is 4.98 Å². The summed E-state index contributed by atoms with van der Waals surface area (Å²) in [4.78, 5) is 3.98. The van der Waals surface area contributed by atoms with Crippen LogP contribution in [0.1, 0.15) is 23.8 Å². The van der Waals surface area contributed by atoms with Crippen LogP contribution in [0.2, 0.25) is 0 Å². The van der Waals surface area contributed by atoms with Crippen LogP contribution in [0.3, 0.4) is 0 Å². The summed E-state index contributed by atoms with van der Waals surface area (Å²) >= 11 is 0. The maximum atomic E-state index is 10.2. The highest BCUT2D eigenvalue weighted by atomic mass is 16.4. The Balaban J connectivity index is 1.71. The molecule has 1 atom stereocenters. The Labute approximate surface area is 111 Å². The van der Waals surface area contributed by atoms with Gasteiger partial charge in [0.15, 0.2) is 0 Å². The zero-order chi connectivity index (χ0) is 13.1. The molecule has 2 heterocycles. The number of hydrogen-bond donors (Lipinski definition) is 1. The lowest BCUT2D eigenvalue weighted by atomic mass is 10.1. The molecule has 0 saturated heterocycles. The van der Waals surface area contributed by atoms with E-state index in [1.807, 2.05) is 42.5 Å². The first-order chi connectivity index (χ1) is 9.33. The van der Waals surface area contributed by atoms with Crippen molar-refractivity contribution in [3.05, 3.63) is 66.2 Å². The van der Waals surface area contributed by atoms with E-state index in [4.69, 9.17) is 4.42 Å². The monoisotopic (exact) mass is 253 g/mol. The van der Waals surface area contributed by atoms with Crippen LogP contribution in [0.25, 0.3) is 11.0 Å². The molecule has 0 fully saturated rings. The van der Waals surface area contributed by atoms with Gasteiger partial charge in [0.2, 0.25) is 0 Å². The first-order valence-electron chi connectivity index (χ1n) is 6.38. The first-order valence-corrected chi connectivity index (χ1v) is 6.38. The van der Waals surface area contributed by atoms with Crippen molar-refractivity contribution in [2.75, 3.05) is 0 Å². The fraction of sp³-hybridized carbons (Fsp3) is 0.188. The molecule has 0 spiro atoms. The number of pyridine rings is 1. The summed E-state index contributed by atoms with van der Waals surface area (Å²) in [6.45, 7) is 0. The Bertz CT molecular complexity index is 628. The summed E-state index contributed by atoms with van der Waals surface area (Å²) < 4.78 is 5.66. The number of nitrogens with zero attached hydrogens (tertiary/aromatic N) is 1. The van der Waals surface area contributed by atoms with Crippen LogP contribution in [0, 0.1) is 0 Å². The summed E-state index contributed by atoms with van der Waals surface area (Å²) in [5.41, 5.74) is 1.99. The van der Waals surface area contributed by atoms with Gasteiger partial charge in [0.05, 0.1) is 0 Å². The van der Waals surface area contributed by atoms with Crippen molar-refractivity contribution in [1.29, 1.82) is 0 Å². The molecular formula is C16H15NO2. The SMILES string of the molecule is OC(CCc1ccncc1)c1cc2ccccc2o1. The van der Waals surface area contributed by atoms with Crippen LogP contribution >= 0.6 is 0 Å². The van der Waals surface area contributed by atoms with Crippen LogP contribution in [0.15, 0.2) is 59.3 Å². The molecule has 0 amide bonds. The molecule has 3 nitrogen and oxygen atoms in total. The Kier molecular flexibility index (Phi) is 3.29. The van der Waals surface area contributed by atoms with Crippen molar-refractivity contribution >= 4 is 11.0 Å². The highest BCUT2D eigenvalue weighted by Gasteiger charge is 2.13. The number of aliphatic hydroxyl groups is 1. The number of furan rings is 1. The molecule has 3 rings (SSSR count). The van der Waals surface area contributed by atoms with Gasteiger partial charge in [-0.25, -0.2) is 0 Å². The summed E-state index contributed by atoms with van der Waals surface area (Å²) in [5, 5.41) is 11.2. The summed E-state index contributed by atoms with van der Waals surface area (Å²) in [6, 6.07) is 13.6. The van der Waals surface area contributed by atoms with Gasteiger partial charge in [-0.2, -0.15) is 0 Å². The topological polar surface area (TPSA) is 46.3 Å². The minimum atomic E-state index is -0.569. The van der Waals surface area contributed by atoms with Crippen LogP contribution in [-0.4, -0.2) is 10.1 Å². The second-order valence-electron chi connectivity index (χ2n) is 4.60. The van der Waals surface area contributed by atoms with Crippen molar-refractivity contribution < 1.29 is 9.52 Å². The van der Waals surface area contributed by atoms with E-state index in [1.54, 1.807) is 12.4 Å². The maximum Gasteiger partial charge on any atom is 0.134 e. The zero-order valence-electron chi connectivity index (χ0n) is 10.5.